The van der Waals surface area contributed by atoms with E-state index in [9.17, 15) is 14.7 Å². The van der Waals surface area contributed by atoms with Crippen LogP contribution in [0, 0.1) is 0 Å². The molecule has 0 radical (unpaired) electrons. The molecule has 1 aromatic heterocycles. The van der Waals surface area contributed by atoms with Crippen molar-refractivity contribution in [2.75, 3.05) is 6.54 Å². The Morgan fingerprint density at radius 2 is 1.70 bits per heavy atom. The van der Waals surface area contributed by atoms with Gasteiger partial charge in [0.25, 0.3) is 0 Å². The topological polar surface area (TPSA) is 97.4 Å². The molecule has 2 aromatic carbocycles. The van der Waals surface area contributed by atoms with E-state index in [0.717, 1.165) is 22.9 Å². The lowest BCUT2D eigenvalue weighted by atomic mass is 9.86. The molecule has 0 aliphatic heterocycles. The van der Waals surface area contributed by atoms with E-state index in [0.29, 0.717) is 17.8 Å². The highest BCUT2D eigenvalue weighted by molar-refractivity contribution is 5.94. The number of aromatic nitrogens is 1. The summed E-state index contributed by atoms with van der Waals surface area (Å²) < 4.78 is 1.32. The number of hydrogen-bond acceptors (Lipinski definition) is 3. The molecule has 6 heteroatoms. The molecule has 0 aliphatic rings. The maximum absolute atomic E-state index is 12.6. The molecule has 0 saturated heterocycles. The average Bonchev–Trinajstić information content (AvgIpc) is 3.03. The summed E-state index contributed by atoms with van der Waals surface area (Å²) in [5.41, 5.74) is 9.05. The second kappa shape index (κ2) is 8.71. The van der Waals surface area contributed by atoms with Crippen LogP contribution in [0.15, 0.2) is 54.6 Å². The zero-order chi connectivity index (χ0) is 21.9. The Morgan fingerprint density at radius 3 is 2.33 bits per heavy atom. The van der Waals surface area contributed by atoms with Gasteiger partial charge in [0, 0.05) is 23.0 Å². The summed E-state index contributed by atoms with van der Waals surface area (Å²) in [4.78, 5) is 24.7. The van der Waals surface area contributed by atoms with Gasteiger partial charge in [-0.2, -0.15) is 0 Å². The Hall–Kier alpha value is -3.12. The minimum Gasteiger partial charge on any atom is -0.464 e. The maximum Gasteiger partial charge on any atom is 0.416 e. The highest BCUT2D eigenvalue weighted by Gasteiger charge is 2.30. The monoisotopic (exact) mass is 407 g/mol. The van der Waals surface area contributed by atoms with Crippen molar-refractivity contribution in [3.63, 3.8) is 0 Å². The molecule has 0 saturated carbocycles. The third-order valence-corrected chi connectivity index (χ3v) is 5.20. The molecule has 158 valence electrons. The number of carbonyl (C=O) groups excluding carboxylic acids is 1. The first kappa shape index (κ1) is 21.6. The molecular weight excluding hydrogens is 378 g/mol. The molecule has 0 bridgehead atoms. The Balaban J connectivity index is 1.84. The number of nitrogens with zero attached hydrogens (tertiary/aromatic N) is 1. The van der Waals surface area contributed by atoms with Crippen molar-refractivity contribution in [2.24, 2.45) is 5.73 Å². The van der Waals surface area contributed by atoms with Crippen LogP contribution in [0.2, 0.25) is 0 Å². The number of carboxylic acid groups (broad SMARTS) is 1. The van der Waals surface area contributed by atoms with Gasteiger partial charge in [0.15, 0.2) is 0 Å². The smallest absolute Gasteiger partial charge is 0.416 e. The van der Waals surface area contributed by atoms with E-state index < -0.39 is 17.6 Å². The van der Waals surface area contributed by atoms with Crippen LogP contribution >= 0.6 is 0 Å². The van der Waals surface area contributed by atoms with Crippen molar-refractivity contribution in [3.8, 4) is 0 Å². The summed E-state index contributed by atoms with van der Waals surface area (Å²) in [7, 11) is 0. The fraction of sp³-hybridized carbons (Fsp3) is 0.333. The number of hydrogen-bond donors (Lipinski definition) is 3. The molecule has 30 heavy (non-hydrogen) atoms. The minimum absolute atomic E-state index is 0.238. The fourth-order valence-corrected chi connectivity index (χ4v) is 3.92. The molecular formula is C24H29N3O3. The summed E-state index contributed by atoms with van der Waals surface area (Å²) >= 11 is 0. The normalized spacial score (nSPS) is 12.7. The number of carbonyl (C=O) groups is 2. The highest BCUT2D eigenvalue weighted by Crippen LogP contribution is 2.35. The molecule has 3 rings (SSSR count). The van der Waals surface area contributed by atoms with Crippen LogP contribution in [0.5, 0.6) is 0 Å². The van der Waals surface area contributed by atoms with Crippen LogP contribution < -0.4 is 11.1 Å². The van der Waals surface area contributed by atoms with Crippen molar-refractivity contribution >= 4 is 22.9 Å². The second-order valence-corrected chi connectivity index (χ2v) is 8.55. The number of amides is 1. The number of nitrogens with two attached hydrogens (primary N) is 1. The van der Waals surface area contributed by atoms with Gasteiger partial charge >= 0.3 is 6.09 Å². The van der Waals surface area contributed by atoms with Crippen LogP contribution in [-0.4, -0.2) is 34.3 Å². The number of benzene rings is 2. The Kier molecular flexibility index (Phi) is 6.27. The number of fused-ring (bicyclic) bond motifs is 1. The lowest BCUT2D eigenvalue weighted by molar-refractivity contribution is -0.122. The molecule has 6 nitrogen and oxygen atoms in total. The van der Waals surface area contributed by atoms with Crippen LogP contribution in [-0.2, 0) is 23.1 Å². The first-order valence-electron chi connectivity index (χ1n) is 10.1. The highest BCUT2D eigenvalue weighted by atomic mass is 16.4. The van der Waals surface area contributed by atoms with Crippen molar-refractivity contribution in [3.05, 3.63) is 71.4 Å². The van der Waals surface area contributed by atoms with Crippen LogP contribution in [0.1, 0.15) is 37.6 Å². The number of rotatable bonds is 6. The molecule has 4 N–H and O–H groups in total. The van der Waals surface area contributed by atoms with Gasteiger partial charge in [-0.3, -0.25) is 4.79 Å². The lowest BCUT2D eigenvalue weighted by Gasteiger charge is -2.23. The summed E-state index contributed by atoms with van der Waals surface area (Å²) in [6.45, 7) is 6.40. The third-order valence-electron chi connectivity index (χ3n) is 5.20. The zero-order valence-electron chi connectivity index (χ0n) is 17.7. The largest absolute Gasteiger partial charge is 0.464 e. The second-order valence-electron chi connectivity index (χ2n) is 8.55. The third kappa shape index (κ3) is 4.54. The Bertz CT molecular complexity index is 1050. The zero-order valence-corrected chi connectivity index (χ0v) is 17.7. The van der Waals surface area contributed by atoms with E-state index >= 15 is 0 Å². The quantitative estimate of drug-likeness (QED) is 0.580. The average molecular weight is 408 g/mol. The van der Waals surface area contributed by atoms with Crippen molar-refractivity contribution in [1.82, 2.24) is 9.88 Å². The molecule has 1 atom stereocenters. The first-order chi connectivity index (χ1) is 14.2. The molecule has 1 heterocycles. The maximum atomic E-state index is 12.6. The van der Waals surface area contributed by atoms with Gasteiger partial charge in [-0.15, -0.1) is 0 Å². The molecule has 0 unspecified atom stereocenters. The standard InChI is InChI=1S/C24H29N3O3/c1-24(2,3)21-18(17-11-7-8-12-20(17)27(21)23(29)30)15-19(25)22(28)26-14-13-16-9-5-4-6-10-16/h4-12,19H,13-15,25H2,1-3H3,(H,26,28)(H,29,30)/t19-/m1/s1. The fourth-order valence-electron chi connectivity index (χ4n) is 3.92. The van der Waals surface area contributed by atoms with Crippen LogP contribution in [0.4, 0.5) is 4.79 Å². The number of nitrogens with one attached hydrogen (secondary N) is 1. The van der Waals surface area contributed by atoms with E-state index in [1.165, 1.54) is 4.57 Å². The van der Waals surface area contributed by atoms with E-state index in [2.05, 4.69) is 5.32 Å². The van der Waals surface area contributed by atoms with Gasteiger partial charge in [0.1, 0.15) is 0 Å². The Morgan fingerprint density at radius 1 is 1.07 bits per heavy atom. The van der Waals surface area contributed by atoms with Crippen molar-refractivity contribution in [2.45, 2.75) is 45.1 Å². The number of para-hydroxylation sites is 1. The van der Waals surface area contributed by atoms with Crippen molar-refractivity contribution < 1.29 is 14.7 Å². The summed E-state index contributed by atoms with van der Waals surface area (Å²) in [5.74, 6) is -0.238. The van der Waals surface area contributed by atoms with E-state index in [1.54, 1.807) is 6.07 Å². The van der Waals surface area contributed by atoms with E-state index in [4.69, 9.17) is 5.73 Å². The molecule has 0 fully saturated rings. The molecule has 0 spiro atoms. The van der Waals surface area contributed by atoms with Gasteiger partial charge in [0.2, 0.25) is 5.91 Å². The molecule has 1 amide bonds. The van der Waals surface area contributed by atoms with Crippen molar-refractivity contribution in [1.29, 1.82) is 0 Å². The molecule has 0 aliphatic carbocycles. The van der Waals surface area contributed by atoms with Crippen LogP contribution in [0.3, 0.4) is 0 Å². The summed E-state index contributed by atoms with van der Waals surface area (Å²) in [6.07, 6.45) is -0.0432. The first-order valence-corrected chi connectivity index (χ1v) is 10.1. The SMILES string of the molecule is CC(C)(C)c1c(C[C@@H](N)C(=O)NCCc2ccccc2)c2ccccc2n1C(=O)O. The van der Waals surface area contributed by atoms with E-state index in [1.807, 2.05) is 69.3 Å². The molecule has 3 aromatic rings. The van der Waals surface area contributed by atoms with Gasteiger partial charge in [-0.25, -0.2) is 9.36 Å². The lowest BCUT2D eigenvalue weighted by Crippen LogP contribution is -2.43. The van der Waals surface area contributed by atoms with Gasteiger partial charge in [-0.05, 0) is 30.0 Å². The van der Waals surface area contributed by atoms with Gasteiger partial charge in [-0.1, -0.05) is 69.3 Å². The predicted molar refractivity (Wildman–Crippen MR) is 119 cm³/mol. The summed E-state index contributed by atoms with van der Waals surface area (Å²) in [6, 6.07) is 16.5. The van der Waals surface area contributed by atoms with Gasteiger partial charge < -0.3 is 16.2 Å². The summed E-state index contributed by atoms with van der Waals surface area (Å²) in [5, 5.41) is 13.6. The van der Waals surface area contributed by atoms with Crippen LogP contribution in [0.25, 0.3) is 10.9 Å². The van der Waals surface area contributed by atoms with E-state index in [-0.39, 0.29) is 12.3 Å². The predicted octanol–water partition coefficient (Wildman–Crippen LogP) is 3.69. The van der Waals surface area contributed by atoms with Gasteiger partial charge in [0.05, 0.1) is 11.6 Å². The Labute approximate surface area is 176 Å². The minimum atomic E-state index is -1.04.